The normalized spacial score (nSPS) is 10.5. The van der Waals surface area contributed by atoms with Crippen LogP contribution in [0.4, 0.5) is 0 Å². The molecule has 0 saturated carbocycles. The van der Waals surface area contributed by atoms with Gasteiger partial charge in [-0.1, -0.05) is 0 Å². The number of ether oxygens (including phenoxy) is 2. The lowest BCUT2D eigenvalue weighted by molar-refractivity contribution is -0.145. The van der Waals surface area contributed by atoms with E-state index < -0.39 is 5.97 Å². The molecule has 0 fully saturated rings. The van der Waals surface area contributed by atoms with Crippen LogP contribution < -0.4 is 4.74 Å². The van der Waals surface area contributed by atoms with Gasteiger partial charge < -0.3 is 19.0 Å². The Hall–Kier alpha value is -2.34. The Kier molecular flexibility index (Phi) is 5.55. The molecule has 1 heterocycles. The number of rotatable bonds is 7. The second-order valence-corrected chi connectivity index (χ2v) is 4.61. The second kappa shape index (κ2) is 7.61. The molecule has 0 saturated heterocycles. The van der Waals surface area contributed by atoms with E-state index in [1.165, 1.54) is 0 Å². The summed E-state index contributed by atoms with van der Waals surface area (Å²) >= 11 is 0. The standard InChI is InChI=1S/C16H19NO5/c1-3-20-15(19)10-21-13-6-4-12(5-7-13)16-17-14(8-9-18)11(2)22-16/h4-7,18H,3,8-10H2,1-2H3. The lowest BCUT2D eigenvalue weighted by Gasteiger charge is -2.05. The van der Waals surface area contributed by atoms with E-state index in [0.717, 1.165) is 11.3 Å². The molecule has 6 nitrogen and oxygen atoms in total. The summed E-state index contributed by atoms with van der Waals surface area (Å²) in [4.78, 5) is 15.6. The van der Waals surface area contributed by atoms with Crippen molar-refractivity contribution in [1.29, 1.82) is 0 Å². The van der Waals surface area contributed by atoms with Crippen molar-refractivity contribution in [3.8, 4) is 17.2 Å². The van der Waals surface area contributed by atoms with E-state index in [2.05, 4.69) is 4.98 Å². The first-order valence-corrected chi connectivity index (χ1v) is 7.10. The Morgan fingerprint density at radius 1 is 1.32 bits per heavy atom. The number of aliphatic hydroxyl groups is 1. The third kappa shape index (κ3) is 4.08. The van der Waals surface area contributed by atoms with Gasteiger partial charge in [0.05, 0.1) is 12.3 Å². The zero-order valence-electron chi connectivity index (χ0n) is 12.7. The molecule has 0 unspecified atom stereocenters. The monoisotopic (exact) mass is 305 g/mol. The molecule has 0 atom stereocenters. The van der Waals surface area contributed by atoms with E-state index in [-0.39, 0.29) is 13.2 Å². The first-order valence-electron chi connectivity index (χ1n) is 7.10. The third-order valence-corrected chi connectivity index (χ3v) is 3.00. The molecule has 0 aliphatic rings. The molecule has 0 radical (unpaired) electrons. The van der Waals surface area contributed by atoms with Gasteiger partial charge in [0, 0.05) is 18.6 Å². The van der Waals surface area contributed by atoms with E-state index in [1.54, 1.807) is 31.2 Å². The number of esters is 1. The molecular weight excluding hydrogens is 286 g/mol. The van der Waals surface area contributed by atoms with Crippen LogP contribution in [0.3, 0.4) is 0 Å². The number of carbonyl (C=O) groups excluding carboxylic acids is 1. The fraction of sp³-hybridized carbons (Fsp3) is 0.375. The van der Waals surface area contributed by atoms with Crippen LogP contribution in [0.15, 0.2) is 28.7 Å². The molecule has 1 aromatic heterocycles. The lowest BCUT2D eigenvalue weighted by Crippen LogP contribution is -2.14. The van der Waals surface area contributed by atoms with Gasteiger partial charge in [0.25, 0.3) is 0 Å². The topological polar surface area (TPSA) is 81.8 Å². The summed E-state index contributed by atoms with van der Waals surface area (Å²) in [6.07, 6.45) is 0.468. The molecular formula is C16H19NO5. The van der Waals surface area contributed by atoms with E-state index in [4.69, 9.17) is 19.0 Å². The van der Waals surface area contributed by atoms with Crippen LogP contribution in [0.5, 0.6) is 5.75 Å². The first-order chi connectivity index (χ1) is 10.6. The largest absolute Gasteiger partial charge is 0.482 e. The van der Waals surface area contributed by atoms with Crippen molar-refractivity contribution in [2.75, 3.05) is 19.8 Å². The van der Waals surface area contributed by atoms with Gasteiger partial charge in [0.15, 0.2) is 6.61 Å². The molecule has 0 aliphatic carbocycles. The van der Waals surface area contributed by atoms with Crippen molar-refractivity contribution in [3.63, 3.8) is 0 Å². The highest BCUT2D eigenvalue weighted by atomic mass is 16.6. The molecule has 22 heavy (non-hydrogen) atoms. The maximum Gasteiger partial charge on any atom is 0.344 e. The Balaban J connectivity index is 2.02. The van der Waals surface area contributed by atoms with Crippen LogP contribution in [0.2, 0.25) is 0 Å². The van der Waals surface area contributed by atoms with Crippen molar-refractivity contribution in [2.24, 2.45) is 0 Å². The number of aromatic nitrogens is 1. The Morgan fingerprint density at radius 3 is 2.68 bits per heavy atom. The van der Waals surface area contributed by atoms with Crippen LogP contribution in [0.1, 0.15) is 18.4 Å². The maximum absolute atomic E-state index is 11.2. The van der Waals surface area contributed by atoms with Gasteiger partial charge >= 0.3 is 5.97 Å². The van der Waals surface area contributed by atoms with E-state index in [1.807, 2.05) is 6.92 Å². The Morgan fingerprint density at radius 2 is 2.05 bits per heavy atom. The van der Waals surface area contributed by atoms with Crippen molar-refractivity contribution < 1.29 is 23.8 Å². The van der Waals surface area contributed by atoms with Crippen molar-refractivity contribution in [2.45, 2.75) is 20.3 Å². The minimum absolute atomic E-state index is 0.0352. The van der Waals surface area contributed by atoms with Gasteiger partial charge in [-0.05, 0) is 38.1 Å². The second-order valence-electron chi connectivity index (χ2n) is 4.61. The van der Waals surface area contributed by atoms with Gasteiger partial charge in [-0.3, -0.25) is 0 Å². The zero-order valence-corrected chi connectivity index (χ0v) is 12.7. The van der Waals surface area contributed by atoms with Crippen molar-refractivity contribution in [3.05, 3.63) is 35.7 Å². The van der Waals surface area contributed by atoms with Crippen molar-refractivity contribution >= 4 is 5.97 Å². The zero-order chi connectivity index (χ0) is 15.9. The lowest BCUT2D eigenvalue weighted by atomic mass is 10.2. The van der Waals surface area contributed by atoms with Crippen LogP contribution in [0, 0.1) is 6.92 Å². The van der Waals surface area contributed by atoms with Gasteiger partial charge in [-0.15, -0.1) is 0 Å². The number of aliphatic hydroxyl groups excluding tert-OH is 1. The number of aryl methyl sites for hydroxylation is 1. The van der Waals surface area contributed by atoms with Crippen LogP contribution in [-0.2, 0) is 16.0 Å². The molecule has 0 bridgehead atoms. The summed E-state index contributed by atoms with van der Waals surface area (Å²) in [5.74, 6) is 1.36. The molecule has 1 aromatic carbocycles. The molecule has 0 spiro atoms. The van der Waals surface area contributed by atoms with Crippen LogP contribution in [0.25, 0.3) is 11.5 Å². The predicted octanol–water partition coefficient (Wildman–Crippen LogP) is 2.13. The fourth-order valence-electron chi connectivity index (χ4n) is 1.93. The number of hydrogen-bond donors (Lipinski definition) is 1. The molecule has 2 aromatic rings. The number of benzene rings is 1. The highest BCUT2D eigenvalue weighted by molar-refractivity contribution is 5.71. The van der Waals surface area contributed by atoms with Gasteiger partial charge in [0.1, 0.15) is 11.5 Å². The first kappa shape index (κ1) is 16.0. The number of carbonyl (C=O) groups is 1. The highest BCUT2D eigenvalue weighted by Gasteiger charge is 2.11. The minimum atomic E-state index is -0.399. The molecule has 0 amide bonds. The third-order valence-electron chi connectivity index (χ3n) is 3.00. The summed E-state index contributed by atoms with van der Waals surface area (Å²) in [6.45, 7) is 3.81. The van der Waals surface area contributed by atoms with E-state index in [9.17, 15) is 4.79 Å². The predicted molar refractivity (Wildman–Crippen MR) is 79.6 cm³/mol. The summed E-state index contributed by atoms with van der Waals surface area (Å²) in [6, 6.07) is 7.07. The summed E-state index contributed by atoms with van der Waals surface area (Å²) in [5, 5.41) is 8.97. The summed E-state index contributed by atoms with van der Waals surface area (Å²) in [5.41, 5.74) is 1.55. The maximum atomic E-state index is 11.2. The fourth-order valence-corrected chi connectivity index (χ4v) is 1.93. The molecule has 6 heteroatoms. The highest BCUT2D eigenvalue weighted by Crippen LogP contribution is 2.24. The van der Waals surface area contributed by atoms with E-state index >= 15 is 0 Å². The summed E-state index contributed by atoms with van der Waals surface area (Å²) in [7, 11) is 0. The summed E-state index contributed by atoms with van der Waals surface area (Å²) < 4.78 is 15.7. The van der Waals surface area contributed by atoms with Crippen molar-refractivity contribution in [1.82, 2.24) is 4.98 Å². The molecule has 118 valence electrons. The Bertz CT molecular complexity index is 618. The number of oxazole rings is 1. The smallest absolute Gasteiger partial charge is 0.344 e. The number of nitrogens with zero attached hydrogens (tertiary/aromatic N) is 1. The SMILES string of the molecule is CCOC(=O)COc1ccc(-c2nc(CCO)c(C)o2)cc1. The quantitative estimate of drug-likeness (QED) is 0.789. The van der Waals surface area contributed by atoms with Gasteiger partial charge in [0.2, 0.25) is 5.89 Å². The molecule has 1 N–H and O–H groups in total. The molecule has 2 rings (SSSR count). The molecule has 0 aliphatic heterocycles. The van der Waals surface area contributed by atoms with Gasteiger partial charge in [-0.2, -0.15) is 0 Å². The van der Waals surface area contributed by atoms with Crippen LogP contribution in [-0.4, -0.2) is 35.9 Å². The number of hydrogen-bond acceptors (Lipinski definition) is 6. The van der Waals surface area contributed by atoms with Gasteiger partial charge in [-0.25, -0.2) is 9.78 Å². The average molecular weight is 305 g/mol. The Labute approximate surface area is 128 Å². The average Bonchev–Trinajstić information content (AvgIpc) is 2.88. The van der Waals surface area contributed by atoms with Crippen LogP contribution >= 0.6 is 0 Å². The minimum Gasteiger partial charge on any atom is -0.482 e. The van der Waals surface area contributed by atoms with E-state index in [0.29, 0.717) is 30.4 Å².